The van der Waals surface area contributed by atoms with Gasteiger partial charge in [-0.2, -0.15) is 0 Å². The first kappa shape index (κ1) is 10.5. The fourth-order valence-corrected chi connectivity index (χ4v) is 0.332. The predicted molar refractivity (Wildman–Crippen MR) is 33.6 cm³/mol. The molecule has 0 fully saturated rings. The molecule has 0 radical (unpaired) electrons. The maximum absolute atomic E-state index is 10.0. The van der Waals surface area contributed by atoms with E-state index in [2.05, 4.69) is 4.74 Å². The van der Waals surface area contributed by atoms with Gasteiger partial charge in [-0.3, -0.25) is 4.79 Å². The average molecular weight is 118 g/mol. The van der Waals surface area contributed by atoms with E-state index in [0.29, 0.717) is 0 Å². The van der Waals surface area contributed by atoms with Crippen LogP contribution in [-0.4, -0.2) is 12.1 Å². The van der Waals surface area contributed by atoms with Gasteiger partial charge in [0.05, 0.1) is 6.10 Å². The number of hydrogen-bond acceptors (Lipinski definition) is 2. The molecule has 50 valence electrons. The Bertz CT molecular complexity index is 66.9. The van der Waals surface area contributed by atoms with Crippen molar-refractivity contribution in [2.45, 2.75) is 34.3 Å². The highest BCUT2D eigenvalue weighted by Crippen LogP contribution is 1.85. The Kier molecular flexibility index (Phi) is 6.04. The minimum absolute atomic E-state index is 0. The fourth-order valence-electron chi connectivity index (χ4n) is 0.332. The molecule has 0 heterocycles. The van der Waals surface area contributed by atoms with Crippen LogP contribution in [-0.2, 0) is 9.53 Å². The Morgan fingerprint density at radius 2 is 1.88 bits per heavy atom. The van der Waals surface area contributed by atoms with Crippen LogP contribution in [0.3, 0.4) is 0 Å². The lowest BCUT2D eigenvalue weighted by atomic mass is 10.5. The number of esters is 1. The van der Waals surface area contributed by atoms with Gasteiger partial charge in [0.1, 0.15) is 0 Å². The van der Waals surface area contributed by atoms with Gasteiger partial charge in [-0.25, -0.2) is 0 Å². The molecule has 0 aromatic carbocycles. The lowest BCUT2D eigenvalue weighted by molar-refractivity contribution is -0.144. The van der Waals surface area contributed by atoms with Crippen LogP contribution < -0.4 is 0 Å². The molecule has 0 aliphatic heterocycles. The summed E-state index contributed by atoms with van der Waals surface area (Å²) in [6.07, 6.45) is 0.0255. The van der Waals surface area contributed by atoms with Crippen LogP contribution in [0.25, 0.3) is 0 Å². The highest BCUT2D eigenvalue weighted by molar-refractivity contribution is 5.66. The van der Waals surface area contributed by atoms with Crippen molar-refractivity contribution in [3.63, 3.8) is 0 Å². The molecule has 2 nitrogen and oxygen atoms in total. The lowest BCUT2D eigenvalue weighted by Gasteiger charge is -2.01. The van der Waals surface area contributed by atoms with Crippen molar-refractivity contribution in [2.24, 2.45) is 0 Å². The van der Waals surface area contributed by atoms with Crippen LogP contribution in [0.5, 0.6) is 0 Å². The summed E-state index contributed by atoms with van der Waals surface area (Å²) in [7, 11) is 0. The third kappa shape index (κ3) is 9.08. The summed E-state index contributed by atoms with van der Waals surface area (Å²) < 4.78 is 4.61. The van der Waals surface area contributed by atoms with Crippen molar-refractivity contribution in [1.29, 1.82) is 0 Å². The van der Waals surface area contributed by atoms with Crippen LogP contribution in [0.15, 0.2) is 0 Å². The zero-order valence-electron chi connectivity index (χ0n) is 4.89. The van der Waals surface area contributed by atoms with Gasteiger partial charge < -0.3 is 4.74 Å². The third-order valence-electron chi connectivity index (χ3n) is 0.402. The van der Waals surface area contributed by atoms with E-state index >= 15 is 0 Å². The van der Waals surface area contributed by atoms with Gasteiger partial charge in [0.2, 0.25) is 0 Å². The Hall–Kier alpha value is -0.530. The molecular weight excluding hydrogens is 104 g/mol. The van der Waals surface area contributed by atoms with Crippen molar-refractivity contribution in [1.82, 2.24) is 0 Å². The molecule has 0 bridgehead atoms. The maximum atomic E-state index is 10.0. The molecule has 2 heteroatoms. The summed E-state index contributed by atoms with van der Waals surface area (Å²) in [5.41, 5.74) is 0. The first-order chi connectivity index (χ1) is 3.13. The number of ether oxygens (including phenoxy) is 1. The minimum atomic E-state index is -0.213. The molecule has 0 aliphatic carbocycles. The minimum Gasteiger partial charge on any atom is -0.463 e. The van der Waals surface area contributed by atoms with Gasteiger partial charge >= 0.3 is 5.97 Å². The van der Waals surface area contributed by atoms with Gasteiger partial charge in [-0.1, -0.05) is 7.43 Å². The number of hydrogen-bond donors (Lipinski definition) is 0. The Morgan fingerprint density at radius 1 is 1.50 bits per heavy atom. The summed E-state index contributed by atoms with van der Waals surface area (Å²) in [6.45, 7) is 5.04. The van der Waals surface area contributed by atoms with Crippen molar-refractivity contribution < 1.29 is 9.53 Å². The van der Waals surface area contributed by atoms with E-state index in [1.807, 2.05) is 13.8 Å². The smallest absolute Gasteiger partial charge is 0.302 e. The number of rotatable bonds is 1. The van der Waals surface area contributed by atoms with E-state index in [4.69, 9.17) is 0 Å². The van der Waals surface area contributed by atoms with E-state index in [9.17, 15) is 4.79 Å². The summed E-state index contributed by atoms with van der Waals surface area (Å²) >= 11 is 0. The Labute approximate surface area is 50.8 Å². The molecule has 0 rings (SSSR count). The normalized spacial score (nSPS) is 8.00. The maximum Gasteiger partial charge on any atom is 0.302 e. The van der Waals surface area contributed by atoms with E-state index in [1.165, 1.54) is 6.92 Å². The second-order valence-electron chi connectivity index (χ2n) is 1.66. The molecule has 0 aromatic heterocycles. The molecule has 0 aliphatic rings. The van der Waals surface area contributed by atoms with Crippen LogP contribution in [0, 0.1) is 0 Å². The van der Waals surface area contributed by atoms with E-state index in [1.54, 1.807) is 0 Å². The first-order valence-corrected chi connectivity index (χ1v) is 2.30. The molecule has 0 spiro atoms. The molecule has 0 aromatic rings. The molecule has 8 heavy (non-hydrogen) atoms. The van der Waals surface area contributed by atoms with Gasteiger partial charge in [-0.05, 0) is 13.8 Å². The van der Waals surface area contributed by atoms with Gasteiger partial charge in [0.25, 0.3) is 0 Å². The van der Waals surface area contributed by atoms with Gasteiger partial charge in [0.15, 0.2) is 0 Å². The Balaban J connectivity index is 0. The number of carbonyl (C=O) groups is 1. The van der Waals surface area contributed by atoms with Crippen molar-refractivity contribution in [3.05, 3.63) is 0 Å². The van der Waals surface area contributed by atoms with Gasteiger partial charge in [0, 0.05) is 6.92 Å². The zero-order chi connectivity index (χ0) is 5.86. The predicted octanol–water partition coefficient (Wildman–Crippen LogP) is 1.59. The summed E-state index contributed by atoms with van der Waals surface area (Å²) in [4.78, 5) is 10.0. The van der Waals surface area contributed by atoms with E-state index in [-0.39, 0.29) is 19.5 Å². The number of carbonyl (C=O) groups excluding carboxylic acids is 1. The summed E-state index contributed by atoms with van der Waals surface area (Å²) in [5.74, 6) is -0.213. The molecule has 0 atom stereocenters. The molecule has 0 unspecified atom stereocenters. The molecule has 0 saturated carbocycles. The largest absolute Gasteiger partial charge is 0.463 e. The summed E-state index contributed by atoms with van der Waals surface area (Å²) in [6, 6.07) is 0. The molecule has 0 amide bonds. The van der Waals surface area contributed by atoms with Crippen LogP contribution in [0.4, 0.5) is 0 Å². The van der Waals surface area contributed by atoms with Crippen LogP contribution in [0.2, 0.25) is 0 Å². The van der Waals surface area contributed by atoms with E-state index in [0.717, 1.165) is 0 Å². The SMILES string of the molecule is C.CC(=O)OC(C)C. The van der Waals surface area contributed by atoms with Crippen LogP contribution >= 0.6 is 0 Å². The third-order valence-corrected chi connectivity index (χ3v) is 0.402. The fraction of sp³-hybridized carbons (Fsp3) is 0.833. The monoisotopic (exact) mass is 118 g/mol. The van der Waals surface area contributed by atoms with Crippen molar-refractivity contribution in [3.8, 4) is 0 Å². The first-order valence-electron chi connectivity index (χ1n) is 2.30. The standard InChI is InChI=1S/C5H10O2.CH4/c1-4(2)7-5(3)6;/h4H,1-3H3;1H4. The second-order valence-corrected chi connectivity index (χ2v) is 1.66. The molecule has 0 N–H and O–H groups in total. The quantitative estimate of drug-likeness (QED) is 0.489. The highest BCUT2D eigenvalue weighted by Gasteiger charge is 1.93. The zero-order valence-corrected chi connectivity index (χ0v) is 4.89. The highest BCUT2D eigenvalue weighted by atomic mass is 16.5. The van der Waals surface area contributed by atoms with Crippen LogP contribution in [0.1, 0.15) is 28.2 Å². The van der Waals surface area contributed by atoms with Crippen molar-refractivity contribution in [2.75, 3.05) is 0 Å². The average Bonchev–Trinajstić information content (AvgIpc) is 1.27. The summed E-state index contributed by atoms with van der Waals surface area (Å²) in [5, 5.41) is 0. The molecular formula is C6H14O2. The second kappa shape index (κ2) is 4.62. The topological polar surface area (TPSA) is 26.3 Å². The Morgan fingerprint density at radius 3 is 1.88 bits per heavy atom. The molecule has 0 saturated heterocycles. The van der Waals surface area contributed by atoms with Gasteiger partial charge in [-0.15, -0.1) is 0 Å². The van der Waals surface area contributed by atoms with Crippen molar-refractivity contribution >= 4 is 5.97 Å². The lowest BCUT2D eigenvalue weighted by Crippen LogP contribution is -2.06. The van der Waals surface area contributed by atoms with E-state index < -0.39 is 0 Å².